The predicted octanol–water partition coefficient (Wildman–Crippen LogP) is 3.23. The Labute approximate surface area is 136 Å². The second kappa shape index (κ2) is 7.04. The fraction of sp³-hybridized carbons (Fsp3) is 0.235. The van der Waals surface area contributed by atoms with Gasteiger partial charge in [-0.2, -0.15) is 5.26 Å². The van der Waals surface area contributed by atoms with Gasteiger partial charge in [-0.1, -0.05) is 0 Å². The topological polar surface area (TPSA) is 80.3 Å². The number of nitrogens with zero attached hydrogens (tertiary/aromatic N) is 1. The number of ether oxygens (including phenoxy) is 1. The van der Waals surface area contributed by atoms with Crippen LogP contribution in [-0.2, 0) is 4.79 Å². The van der Waals surface area contributed by atoms with Gasteiger partial charge in [-0.3, -0.25) is 9.59 Å². The summed E-state index contributed by atoms with van der Waals surface area (Å²) in [6, 6.07) is 5.80. The molecule has 0 spiro atoms. The minimum atomic E-state index is -1.58. The first kappa shape index (κ1) is 17.3. The number of nitriles is 1. The van der Waals surface area contributed by atoms with Crippen molar-refractivity contribution < 1.29 is 27.5 Å². The Kier molecular flexibility index (Phi) is 5.09. The van der Waals surface area contributed by atoms with E-state index < -0.39 is 35.2 Å². The molecule has 0 aliphatic carbocycles. The van der Waals surface area contributed by atoms with Crippen LogP contribution in [0.25, 0.3) is 0 Å². The van der Waals surface area contributed by atoms with Crippen molar-refractivity contribution in [3.63, 3.8) is 0 Å². The van der Waals surface area contributed by atoms with E-state index in [-0.39, 0.29) is 11.3 Å². The predicted molar refractivity (Wildman–Crippen MR) is 78.3 cm³/mol. The van der Waals surface area contributed by atoms with Gasteiger partial charge in [0.1, 0.15) is 11.5 Å². The number of hydrogen-bond acceptors (Lipinski definition) is 5. The number of furan rings is 1. The number of hydrogen-bond donors (Lipinski definition) is 0. The van der Waals surface area contributed by atoms with Crippen molar-refractivity contribution in [3.8, 4) is 11.8 Å². The highest BCUT2D eigenvalue weighted by Crippen LogP contribution is 2.20. The first-order valence-electron chi connectivity index (χ1n) is 6.98. The highest BCUT2D eigenvalue weighted by Gasteiger charge is 2.33. The number of benzene rings is 1. The summed E-state index contributed by atoms with van der Waals surface area (Å²) >= 11 is 0. The Hall–Kier alpha value is -3.01. The average molecular weight is 333 g/mol. The van der Waals surface area contributed by atoms with Crippen LogP contribution in [0, 0.1) is 35.8 Å². The fourth-order valence-corrected chi connectivity index (χ4v) is 2.09. The highest BCUT2D eigenvalue weighted by molar-refractivity contribution is 6.14. The molecule has 0 amide bonds. The first-order valence-corrected chi connectivity index (χ1v) is 6.98. The van der Waals surface area contributed by atoms with E-state index in [9.17, 15) is 18.4 Å². The fourth-order valence-electron chi connectivity index (χ4n) is 2.09. The summed E-state index contributed by atoms with van der Waals surface area (Å²) in [4.78, 5) is 24.6. The van der Waals surface area contributed by atoms with Crippen molar-refractivity contribution in [2.24, 2.45) is 5.92 Å². The second-order valence-electron chi connectivity index (χ2n) is 5.06. The molecule has 0 saturated heterocycles. The zero-order chi connectivity index (χ0) is 17.9. The molecule has 2 rings (SSSR count). The molecule has 1 heterocycles. The Bertz CT molecular complexity index is 822. The van der Waals surface area contributed by atoms with Gasteiger partial charge >= 0.3 is 0 Å². The van der Waals surface area contributed by atoms with Crippen LogP contribution in [-0.4, -0.2) is 17.7 Å². The maximum absolute atomic E-state index is 13.2. The zero-order valence-corrected chi connectivity index (χ0v) is 12.9. The second-order valence-corrected chi connectivity index (χ2v) is 5.06. The van der Waals surface area contributed by atoms with E-state index in [0.717, 1.165) is 18.2 Å². The van der Waals surface area contributed by atoms with Gasteiger partial charge in [-0.25, -0.2) is 8.78 Å². The summed E-state index contributed by atoms with van der Waals surface area (Å²) < 4.78 is 36.2. The number of rotatable bonds is 6. The zero-order valence-electron chi connectivity index (χ0n) is 12.9. The Morgan fingerprint density at radius 2 is 1.96 bits per heavy atom. The number of ketones is 2. The smallest absolute Gasteiger partial charge is 0.197 e. The Morgan fingerprint density at radius 3 is 2.50 bits per heavy atom. The molecule has 1 aromatic carbocycles. The molecular formula is C17H13F2NO4. The summed E-state index contributed by atoms with van der Waals surface area (Å²) in [5.74, 6) is -5.04. The number of Topliss-reactive ketones (excluding diaryl/α,β-unsaturated/α-hetero) is 2. The molecule has 24 heavy (non-hydrogen) atoms. The van der Waals surface area contributed by atoms with Crippen LogP contribution in [0.1, 0.15) is 23.0 Å². The molecule has 0 radical (unpaired) electrons. The third kappa shape index (κ3) is 3.49. The minimum absolute atomic E-state index is 0.0848. The monoisotopic (exact) mass is 333 g/mol. The van der Waals surface area contributed by atoms with Crippen LogP contribution in [0.4, 0.5) is 8.78 Å². The van der Waals surface area contributed by atoms with Gasteiger partial charge in [-0.05, 0) is 32.0 Å². The van der Waals surface area contributed by atoms with Crippen molar-refractivity contribution in [2.45, 2.75) is 20.0 Å². The normalized spacial score (nSPS) is 13.0. The molecular weight excluding hydrogens is 320 g/mol. The summed E-state index contributed by atoms with van der Waals surface area (Å²) in [6.07, 6.45) is 0.0820. The number of aryl methyl sites for hydroxylation is 1. The van der Waals surface area contributed by atoms with Crippen molar-refractivity contribution in [1.82, 2.24) is 0 Å². The SMILES string of the molecule is Cc1occc1C(=O)[C@@H](C#N)C(=O)[C@H](C)Oc1ccc(F)c(F)c1. The van der Waals surface area contributed by atoms with Crippen molar-refractivity contribution >= 4 is 11.6 Å². The largest absolute Gasteiger partial charge is 0.483 e. The van der Waals surface area contributed by atoms with Crippen molar-refractivity contribution in [3.05, 3.63) is 53.5 Å². The standard InChI is InChI=1S/C17H13F2NO4/c1-9-12(5-6-23-9)17(22)13(8-20)16(21)10(2)24-11-3-4-14(18)15(19)7-11/h3-7,10,13H,1-2H3/t10-,13-/m0/s1. The van der Waals surface area contributed by atoms with E-state index in [1.807, 2.05) is 0 Å². The molecule has 0 bridgehead atoms. The summed E-state index contributed by atoms with van der Waals surface area (Å²) in [5, 5.41) is 9.16. The Morgan fingerprint density at radius 1 is 1.25 bits per heavy atom. The van der Waals surface area contributed by atoms with Crippen LogP contribution in [0.3, 0.4) is 0 Å². The quantitative estimate of drug-likeness (QED) is 0.599. The average Bonchev–Trinajstić information content (AvgIpc) is 2.97. The number of carbonyl (C=O) groups is 2. The number of halogens is 2. The molecule has 0 aliphatic heterocycles. The van der Waals surface area contributed by atoms with Crippen molar-refractivity contribution in [2.75, 3.05) is 0 Å². The van der Waals surface area contributed by atoms with E-state index in [2.05, 4.69) is 0 Å². The molecule has 0 N–H and O–H groups in total. The molecule has 1 aromatic heterocycles. The Balaban J connectivity index is 2.16. The molecule has 2 atom stereocenters. The van der Waals surface area contributed by atoms with E-state index >= 15 is 0 Å². The van der Waals surface area contributed by atoms with Crippen LogP contribution in [0.5, 0.6) is 5.75 Å². The van der Waals surface area contributed by atoms with Gasteiger partial charge < -0.3 is 9.15 Å². The van der Waals surface area contributed by atoms with Crippen LogP contribution >= 0.6 is 0 Å². The third-order valence-corrected chi connectivity index (χ3v) is 3.40. The van der Waals surface area contributed by atoms with Gasteiger partial charge in [0.15, 0.2) is 35.2 Å². The lowest BCUT2D eigenvalue weighted by Crippen LogP contribution is -2.34. The van der Waals surface area contributed by atoms with Crippen LogP contribution in [0.15, 0.2) is 34.9 Å². The lowest BCUT2D eigenvalue weighted by Gasteiger charge is -2.16. The summed E-state index contributed by atoms with van der Waals surface area (Å²) in [5.41, 5.74) is 0.134. The van der Waals surface area contributed by atoms with Gasteiger partial charge in [0.25, 0.3) is 0 Å². The molecule has 7 heteroatoms. The summed E-state index contributed by atoms with van der Waals surface area (Å²) in [6.45, 7) is 2.86. The van der Waals surface area contributed by atoms with E-state index in [0.29, 0.717) is 5.76 Å². The van der Waals surface area contributed by atoms with Crippen LogP contribution < -0.4 is 4.74 Å². The van der Waals surface area contributed by atoms with Gasteiger partial charge in [-0.15, -0.1) is 0 Å². The molecule has 0 aliphatic rings. The third-order valence-electron chi connectivity index (χ3n) is 3.40. The highest BCUT2D eigenvalue weighted by atomic mass is 19.2. The minimum Gasteiger partial charge on any atom is -0.483 e. The van der Waals surface area contributed by atoms with Gasteiger partial charge in [0.05, 0.1) is 17.9 Å². The van der Waals surface area contributed by atoms with E-state index in [1.165, 1.54) is 26.2 Å². The molecule has 0 unspecified atom stereocenters. The van der Waals surface area contributed by atoms with Gasteiger partial charge in [0, 0.05) is 6.07 Å². The molecule has 5 nitrogen and oxygen atoms in total. The van der Waals surface area contributed by atoms with E-state index in [1.54, 1.807) is 6.07 Å². The number of carbonyl (C=O) groups excluding carboxylic acids is 2. The molecule has 2 aromatic rings. The van der Waals surface area contributed by atoms with Gasteiger partial charge in [0.2, 0.25) is 0 Å². The summed E-state index contributed by atoms with van der Waals surface area (Å²) in [7, 11) is 0. The van der Waals surface area contributed by atoms with E-state index in [4.69, 9.17) is 14.4 Å². The molecule has 0 saturated carbocycles. The van der Waals surface area contributed by atoms with Crippen LogP contribution in [0.2, 0.25) is 0 Å². The lowest BCUT2D eigenvalue weighted by molar-refractivity contribution is -0.126. The maximum atomic E-state index is 13.2. The molecule has 124 valence electrons. The first-order chi connectivity index (χ1) is 11.3. The lowest BCUT2D eigenvalue weighted by atomic mass is 9.93. The maximum Gasteiger partial charge on any atom is 0.197 e. The van der Waals surface area contributed by atoms with Crippen molar-refractivity contribution in [1.29, 1.82) is 5.26 Å². The molecule has 0 fully saturated rings.